The minimum atomic E-state index is -0.718. The molecule has 1 N–H and O–H groups in total. The Kier molecular flexibility index (Phi) is 9.98. The van der Waals surface area contributed by atoms with Crippen LogP contribution in [0.25, 0.3) is 0 Å². The summed E-state index contributed by atoms with van der Waals surface area (Å²) in [7, 11) is 3.12. The summed E-state index contributed by atoms with van der Waals surface area (Å²) in [5, 5.41) is 2.86. The number of amides is 2. The van der Waals surface area contributed by atoms with E-state index in [-0.39, 0.29) is 24.8 Å². The highest BCUT2D eigenvalue weighted by Crippen LogP contribution is 2.28. The summed E-state index contributed by atoms with van der Waals surface area (Å²) in [6, 6.07) is 11.1. The molecule has 0 saturated carbocycles. The molecule has 0 aliphatic carbocycles. The van der Waals surface area contributed by atoms with Crippen molar-refractivity contribution in [2.45, 2.75) is 52.1 Å². The smallest absolute Gasteiger partial charge is 0.242 e. The Balaban J connectivity index is 2.15. The third-order valence-electron chi connectivity index (χ3n) is 5.37. The first-order valence-electron chi connectivity index (χ1n) is 10.9. The Morgan fingerprint density at radius 1 is 1.09 bits per heavy atom. The minimum Gasteiger partial charge on any atom is -0.493 e. The van der Waals surface area contributed by atoms with Gasteiger partial charge < -0.3 is 19.7 Å². The van der Waals surface area contributed by atoms with Gasteiger partial charge in [-0.15, -0.1) is 0 Å². The Morgan fingerprint density at radius 2 is 1.81 bits per heavy atom. The number of hydrogen-bond donors (Lipinski definition) is 1. The summed E-state index contributed by atoms with van der Waals surface area (Å²) in [5.74, 6) is 0.338. The highest BCUT2D eigenvalue weighted by Gasteiger charge is 2.26. The van der Waals surface area contributed by atoms with Gasteiger partial charge in [0.2, 0.25) is 11.8 Å². The van der Waals surface area contributed by atoms with Crippen molar-refractivity contribution in [3.05, 3.63) is 59.4 Å². The van der Waals surface area contributed by atoms with Crippen molar-refractivity contribution in [2.75, 3.05) is 20.8 Å². The fraction of sp³-hybridized carbons (Fsp3) is 0.440. The highest BCUT2D eigenvalue weighted by atomic mass is 19.1. The standard InChI is InChI=1S/C25H33FN2O4/c1-5-6-15-27-25(30)18(2)28(17-20-9-7-8-10-21(20)26)24(29)14-12-19-11-13-22(31-3)23(16-19)32-4/h7-11,13,16,18H,5-6,12,14-15,17H2,1-4H3,(H,27,30)/t18-/m0/s1. The molecule has 2 amide bonds. The number of methoxy groups -OCH3 is 2. The predicted molar refractivity (Wildman–Crippen MR) is 122 cm³/mol. The van der Waals surface area contributed by atoms with Crippen LogP contribution in [0.5, 0.6) is 11.5 Å². The fourth-order valence-corrected chi connectivity index (χ4v) is 3.36. The lowest BCUT2D eigenvalue weighted by atomic mass is 10.1. The quantitative estimate of drug-likeness (QED) is 0.501. The van der Waals surface area contributed by atoms with Crippen LogP contribution >= 0.6 is 0 Å². The van der Waals surface area contributed by atoms with Crippen molar-refractivity contribution >= 4 is 11.8 Å². The van der Waals surface area contributed by atoms with E-state index in [9.17, 15) is 14.0 Å². The number of hydrogen-bond acceptors (Lipinski definition) is 4. The van der Waals surface area contributed by atoms with E-state index in [1.165, 1.54) is 11.0 Å². The van der Waals surface area contributed by atoms with Crippen LogP contribution in [0.2, 0.25) is 0 Å². The maximum absolute atomic E-state index is 14.3. The van der Waals surface area contributed by atoms with E-state index in [1.807, 2.05) is 19.1 Å². The minimum absolute atomic E-state index is 0.0276. The van der Waals surface area contributed by atoms with Gasteiger partial charge in [0.1, 0.15) is 11.9 Å². The van der Waals surface area contributed by atoms with E-state index >= 15 is 0 Å². The Bertz CT molecular complexity index is 903. The average molecular weight is 445 g/mol. The zero-order valence-corrected chi connectivity index (χ0v) is 19.3. The Labute approximate surface area is 189 Å². The van der Waals surface area contributed by atoms with Crippen molar-refractivity contribution < 1.29 is 23.5 Å². The number of benzene rings is 2. The molecule has 174 valence electrons. The van der Waals surface area contributed by atoms with Crippen LogP contribution in [0, 0.1) is 5.82 Å². The van der Waals surface area contributed by atoms with Gasteiger partial charge in [0, 0.05) is 25.1 Å². The molecule has 1 atom stereocenters. The first-order chi connectivity index (χ1) is 15.4. The SMILES string of the molecule is CCCCNC(=O)[C@H](C)N(Cc1ccccc1F)C(=O)CCc1ccc(OC)c(OC)c1. The van der Waals surface area contributed by atoms with E-state index in [0.29, 0.717) is 30.0 Å². The summed E-state index contributed by atoms with van der Waals surface area (Å²) in [4.78, 5) is 27.2. The first kappa shape index (κ1) is 25.2. The van der Waals surface area contributed by atoms with Gasteiger partial charge in [-0.2, -0.15) is 0 Å². The van der Waals surface area contributed by atoms with Gasteiger partial charge >= 0.3 is 0 Å². The van der Waals surface area contributed by atoms with Crippen LogP contribution in [0.15, 0.2) is 42.5 Å². The zero-order chi connectivity index (χ0) is 23.5. The van der Waals surface area contributed by atoms with Crippen molar-refractivity contribution in [3.63, 3.8) is 0 Å². The number of nitrogens with zero attached hydrogens (tertiary/aromatic N) is 1. The summed E-state index contributed by atoms with van der Waals surface area (Å²) in [6.45, 7) is 4.29. The van der Waals surface area contributed by atoms with Gasteiger partial charge in [0.05, 0.1) is 14.2 Å². The lowest BCUT2D eigenvalue weighted by molar-refractivity contribution is -0.140. The van der Waals surface area contributed by atoms with Gasteiger partial charge in [-0.3, -0.25) is 9.59 Å². The molecule has 0 aliphatic heterocycles. The molecular formula is C25H33FN2O4. The van der Waals surface area contributed by atoms with E-state index in [4.69, 9.17) is 9.47 Å². The van der Waals surface area contributed by atoms with Crippen molar-refractivity contribution in [1.82, 2.24) is 10.2 Å². The molecule has 6 nitrogen and oxygen atoms in total. The second-order valence-electron chi connectivity index (χ2n) is 7.62. The number of aryl methyl sites for hydroxylation is 1. The second-order valence-corrected chi connectivity index (χ2v) is 7.62. The normalized spacial score (nSPS) is 11.5. The fourth-order valence-electron chi connectivity index (χ4n) is 3.36. The lowest BCUT2D eigenvalue weighted by Gasteiger charge is -2.29. The Morgan fingerprint density at radius 3 is 2.47 bits per heavy atom. The zero-order valence-electron chi connectivity index (χ0n) is 19.3. The van der Waals surface area contributed by atoms with Crippen LogP contribution in [-0.2, 0) is 22.6 Å². The number of ether oxygens (including phenoxy) is 2. The maximum atomic E-state index is 14.3. The van der Waals surface area contributed by atoms with Gasteiger partial charge in [-0.25, -0.2) is 4.39 Å². The van der Waals surface area contributed by atoms with Crippen molar-refractivity contribution in [1.29, 1.82) is 0 Å². The monoisotopic (exact) mass is 444 g/mol. The molecule has 7 heteroatoms. The van der Waals surface area contributed by atoms with E-state index in [1.54, 1.807) is 45.4 Å². The molecule has 0 heterocycles. The van der Waals surface area contributed by atoms with Gasteiger partial charge in [-0.1, -0.05) is 37.6 Å². The number of halogens is 1. The molecule has 0 radical (unpaired) electrons. The van der Waals surface area contributed by atoms with Gasteiger partial charge in [0.25, 0.3) is 0 Å². The van der Waals surface area contributed by atoms with Crippen LogP contribution in [-0.4, -0.2) is 43.5 Å². The van der Waals surface area contributed by atoms with Crippen LogP contribution in [0.4, 0.5) is 4.39 Å². The first-order valence-corrected chi connectivity index (χ1v) is 10.9. The molecule has 0 spiro atoms. The highest BCUT2D eigenvalue weighted by molar-refractivity contribution is 5.87. The van der Waals surface area contributed by atoms with Gasteiger partial charge in [0.15, 0.2) is 11.5 Å². The van der Waals surface area contributed by atoms with Crippen molar-refractivity contribution in [2.24, 2.45) is 0 Å². The van der Waals surface area contributed by atoms with Crippen molar-refractivity contribution in [3.8, 4) is 11.5 Å². The summed E-state index contributed by atoms with van der Waals surface area (Å²) < 4.78 is 24.8. The van der Waals surface area contributed by atoms with Crippen LogP contribution in [0.3, 0.4) is 0 Å². The molecule has 0 unspecified atom stereocenters. The third-order valence-corrected chi connectivity index (χ3v) is 5.37. The predicted octanol–water partition coefficient (Wildman–Crippen LogP) is 4.11. The number of carbonyl (C=O) groups is 2. The van der Waals surface area contributed by atoms with Gasteiger partial charge in [-0.05, 0) is 43.5 Å². The van der Waals surface area contributed by atoms with E-state index in [2.05, 4.69) is 5.32 Å². The molecule has 2 aromatic rings. The topological polar surface area (TPSA) is 67.9 Å². The molecule has 0 aliphatic rings. The number of unbranched alkanes of at least 4 members (excludes halogenated alkanes) is 1. The molecule has 32 heavy (non-hydrogen) atoms. The largest absolute Gasteiger partial charge is 0.493 e. The summed E-state index contributed by atoms with van der Waals surface area (Å²) in [5.41, 5.74) is 1.28. The van der Waals surface area contributed by atoms with Crippen LogP contribution in [0.1, 0.15) is 44.2 Å². The molecule has 0 aromatic heterocycles. The summed E-state index contributed by atoms with van der Waals surface area (Å²) in [6.07, 6.45) is 2.45. The van der Waals surface area contributed by atoms with E-state index < -0.39 is 11.9 Å². The molecule has 0 fully saturated rings. The molecule has 2 aromatic carbocycles. The van der Waals surface area contributed by atoms with Crippen LogP contribution < -0.4 is 14.8 Å². The maximum Gasteiger partial charge on any atom is 0.242 e. The number of nitrogens with one attached hydrogen (secondary N) is 1. The number of rotatable bonds is 12. The molecule has 0 saturated heterocycles. The molecule has 2 rings (SSSR count). The molecule has 0 bridgehead atoms. The Hall–Kier alpha value is -3.09. The second kappa shape index (κ2) is 12.7. The number of carbonyl (C=O) groups excluding carboxylic acids is 2. The average Bonchev–Trinajstić information content (AvgIpc) is 2.81. The summed E-state index contributed by atoms with van der Waals surface area (Å²) >= 11 is 0. The third kappa shape index (κ3) is 6.97. The molecular weight excluding hydrogens is 411 g/mol. The van der Waals surface area contributed by atoms with E-state index in [0.717, 1.165) is 18.4 Å². The lowest BCUT2D eigenvalue weighted by Crippen LogP contribution is -2.48.